The maximum absolute atomic E-state index is 11.3. The van der Waals surface area contributed by atoms with Crippen LogP contribution in [0.15, 0.2) is 54.1 Å². The number of hydrogen-bond acceptors (Lipinski definition) is 4. The van der Waals surface area contributed by atoms with Crippen LogP contribution in [-0.4, -0.2) is 27.9 Å². The average molecular weight is 495 g/mol. The predicted molar refractivity (Wildman–Crippen MR) is 144 cm³/mol. The van der Waals surface area contributed by atoms with Crippen molar-refractivity contribution in [3.05, 3.63) is 65.2 Å². The Bertz CT molecular complexity index is 1010. The number of phenolic OH excluding ortho intramolecular Hbond substituents is 2. The molecule has 0 unspecified atom stereocenters. The highest BCUT2D eigenvalue weighted by Gasteiger charge is 2.42. The summed E-state index contributed by atoms with van der Waals surface area (Å²) in [6.07, 6.45) is 13.2. The van der Waals surface area contributed by atoms with E-state index in [1.807, 2.05) is 24.3 Å². The Morgan fingerprint density at radius 3 is 2.28 bits per heavy atom. The molecule has 5 heteroatoms. The summed E-state index contributed by atoms with van der Waals surface area (Å²) in [6.45, 7) is 4.83. The number of phenols is 2. The number of hydrogen-bond donors (Lipinski definition) is 3. The maximum atomic E-state index is 11.3. The van der Waals surface area contributed by atoms with Gasteiger partial charge in [-0.3, -0.25) is 0 Å². The Morgan fingerprint density at radius 2 is 1.61 bits per heavy atom. The molecule has 0 saturated heterocycles. The number of carboxylic acids is 1. The van der Waals surface area contributed by atoms with E-state index in [9.17, 15) is 20.1 Å². The van der Waals surface area contributed by atoms with Crippen molar-refractivity contribution < 1.29 is 24.9 Å². The van der Waals surface area contributed by atoms with Crippen molar-refractivity contribution in [2.24, 2.45) is 0 Å². The smallest absolute Gasteiger partial charge is 0.331 e. The van der Waals surface area contributed by atoms with Gasteiger partial charge < -0.3 is 20.1 Å². The van der Waals surface area contributed by atoms with E-state index in [-0.39, 0.29) is 22.8 Å². The lowest BCUT2D eigenvalue weighted by Gasteiger charge is -2.43. The fourth-order valence-electron chi connectivity index (χ4n) is 5.37. The monoisotopic (exact) mass is 494 g/mol. The van der Waals surface area contributed by atoms with Crippen LogP contribution in [0.5, 0.6) is 17.2 Å². The van der Waals surface area contributed by atoms with Crippen molar-refractivity contribution in [3.63, 3.8) is 0 Å². The summed E-state index contributed by atoms with van der Waals surface area (Å²) >= 11 is 0. The van der Waals surface area contributed by atoms with Crippen LogP contribution in [0.4, 0.5) is 0 Å². The van der Waals surface area contributed by atoms with Crippen molar-refractivity contribution in [1.82, 2.24) is 0 Å². The van der Waals surface area contributed by atoms with Gasteiger partial charge in [-0.1, -0.05) is 83.1 Å². The van der Waals surface area contributed by atoms with Crippen molar-refractivity contribution in [2.45, 2.75) is 95.8 Å². The molecule has 0 spiro atoms. The Morgan fingerprint density at radius 1 is 0.972 bits per heavy atom. The number of aliphatic carboxylic acids is 1. The third-order valence-corrected chi connectivity index (χ3v) is 7.59. The van der Waals surface area contributed by atoms with Crippen molar-refractivity contribution >= 4 is 5.97 Å². The first-order valence-corrected chi connectivity index (χ1v) is 13.5. The minimum absolute atomic E-state index is 0.217. The first kappa shape index (κ1) is 27.6. The molecule has 5 nitrogen and oxygen atoms in total. The van der Waals surface area contributed by atoms with Gasteiger partial charge in [0.05, 0.1) is 6.61 Å². The molecule has 3 N–H and O–H groups in total. The number of ether oxygens (including phenoxy) is 1. The second kappa shape index (κ2) is 13.4. The van der Waals surface area contributed by atoms with Crippen LogP contribution in [0.3, 0.4) is 0 Å². The summed E-state index contributed by atoms with van der Waals surface area (Å²) in [7, 11) is 0. The Labute approximate surface area is 215 Å². The quantitative estimate of drug-likeness (QED) is 0.184. The van der Waals surface area contributed by atoms with E-state index in [0.29, 0.717) is 18.6 Å². The topological polar surface area (TPSA) is 87.0 Å². The van der Waals surface area contributed by atoms with Gasteiger partial charge in [0.15, 0.2) is 0 Å². The van der Waals surface area contributed by atoms with Gasteiger partial charge in [0.25, 0.3) is 0 Å². The molecule has 0 fully saturated rings. The van der Waals surface area contributed by atoms with Crippen LogP contribution >= 0.6 is 0 Å². The Kier molecular flexibility index (Phi) is 10.3. The van der Waals surface area contributed by atoms with Gasteiger partial charge in [0, 0.05) is 23.0 Å². The number of carbonyl (C=O) groups is 1. The van der Waals surface area contributed by atoms with Crippen molar-refractivity contribution in [3.8, 4) is 17.2 Å². The molecule has 1 heterocycles. The lowest BCUT2D eigenvalue weighted by molar-refractivity contribution is -0.132. The summed E-state index contributed by atoms with van der Waals surface area (Å²) in [5, 5.41) is 29.0. The highest BCUT2D eigenvalue weighted by Crippen LogP contribution is 2.49. The zero-order chi connectivity index (χ0) is 26.0. The summed E-state index contributed by atoms with van der Waals surface area (Å²) < 4.78 is 6.11. The standard InChI is InChI=1S/C31H42O5/c1-3-4-12-23(30(34)35)13-10-8-6-5-7-9-11-14-28-27-20-19-26(33)21-29(27)36-22-31(28,2)24-15-17-25(32)18-16-24/h12,15-21,28,32-33H,3-11,13-14,22H2,1-2H3,(H,34,35)/t28-,31-/m1/s1. The van der Waals surface area contributed by atoms with Crippen LogP contribution in [0.1, 0.15) is 102 Å². The third kappa shape index (κ3) is 7.28. The highest BCUT2D eigenvalue weighted by molar-refractivity contribution is 5.86. The molecule has 2 aromatic rings. The average Bonchev–Trinajstić information content (AvgIpc) is 2.86. The summed E-state index contributed by atoms with van der Waals surface area (Å²) in [4.78, 5) is 11.3. The molecular formula is C31H42O5. The molecule has 36 heavy (non-hydrogen) atoms. The minimum Gasteiger partial charge on any atom is -0.508 e. The molecule has 0 radical (unpaired) electrons. The molecule has 2 atom stereocenters. The van der Waals surface area contributed by atoms with Crippen LogP contribution in [0.25, 0.3) is 0 Å². The Hall–Kier alpha value is -2.95. The van der Waals surface area contributed by atoms with Gasteiger partial charge in [0.1, 0.15) is 17.2 Å². The van der Waals surface area contributed by atoms with Crippen LogP contribution in [0.2, 0.25) is 0 Å². The van der Waals surface area contributed by atoms with Gasteiger partial charge in [-0.05, 0) is 55.0 Å². The number of benzene rings is 2. The van der Waals surface area contributed by atoms with Crippen molar-refractivity contribution in [1.29, 1.82) is 0 Å². The molecule has 0 bridgehead atoms. The van der Waals surface area contributed by atoms with Gasteiger partial charge >= 0.3 is 5.97 Å². The molecule has 0 aromatic heterocycles. The maximum Gasteiger partial charge on any atom is 0.331 e. The van der Waals surface area contributed by atoms with E-state index in [2.05, 4.69) is 13.8 Å². The van der Waals surface area contributed by atoms with Crippen molar-refractivity contribution in [2.75, 3.05) is 6.61 Å². The normalized spacial score (nSPS) is 19.5. The molecule has 196 valence electrons. The van der Waals surface area contributed by atoms with Gasteiger partial charge in [-0.25, -0.2) is 4.79 Å². The number of allylic oxidation sites excluding steroid dienone is 1. The van der Waals surface area contributed by atoms with Gasteiger partial charge in [-0.15, -0.1) is 0 Å². The predicted octanol–water partition coefficient (Wildman–Crippen LogP) is 7.85. The zero-order valence-electron chi connectivity index (χ0n) is 21.8. The number of carboxylic acid groups (broad SMARTS) is 1. The fourth-order valence-corrected chi connectivity index (χ4v) is 5.37. The van der Waals surface area contributed by atoms with E-state index >= 15 is 0 Å². The van der Waals surface area contributed by atoms with E-state index in [1.165, 1.54) is 12.8 Å². The fraction of sp³-hybridized carbons (Fsp3) is 0.516. The lowest BCUT2D eigenvalue weighted by atomic mass is 9.66. The second-order valence-corrected chi connectivity index (χ2v) is 10.4. The lowest BCUT2D eigenvalue weighted by Crippen LogP contribution is -2.40. The first-order chi connectivity index (χ1) is 17.3. The molecule has 2 aromatic carbocycles. The summed E-state index contributed by atoms with van der Waals surface area (Å²) in [5.74, 6) is 0.738. The van der Waals surface area contributed by atoms with Crippen LogP contribution < -0.4 is 4.74 Å². The molecule has 1 aliphatic heterocycles. The third-order valence-electron chi connectivity index (χ3n) is 7.59. The SMILES string of the molecule is CCCC=C(CCCCCCCCC[C@@H]1c2ccc(O)cc2OC[C@]1(C)c1ccc(O)cc1)C(=O)O. The van der Waals surface area contributed by atoms with Crippen LogP contribution in [-0.2, 0) is 10.2 Å². The van der Waals surface area contributed by atoms with E-state index < -0.39 is 5.97 Å². The summed E-state index contributed by atoms with van der Waals surface area (Å²) in [5.41, 5.74) is 2.64. The van der Waals surface area contributed by atoms with E-state index in [4.69, 9.17) is 4.74 Å². The molecule has 0 saturated carbocycles. The highest BCUT2D eigenvalue weighted by atomic mass is 16.5. The molecule has 0 aliphatic carbocycles. The largest absolute Gasteiger partial charge is 0.508 e. The molecular weight excluding hydrogens is 452 g/mol. The molecule has 3 rings (SSSR count). The van der Waals surface area contributed by atoms with E-state index in [0.717, 1.165) is 68.2 Å². The number of unbranched alkanes of at least 4 members (excludes halogenated alkanes) is 7. The zero-order valence-corrected chi connectivity index (χ0v) is 21.8. The number of rotatable bonds is 14. The number of fused-ring (bicyclic) bond motifs is 1. The van der Waals surface area contributed by atoms with Gasteiger partial charge in [-0.2, -0.15) is 0 Å². The summed E-state index contributed by atoms with van der Waals surface area (Å²) in [6, 6.07) is 12.9. The molecule has 1 aliphatic rings. The van der Waals surface area contributed by atoms with Crippen LogP contribution in [0, 0.1) is 0 Å². The minimum atomic E-state index is -0.771. The Balaban J connectivity index is 1.50. The van der Waals surface area contributed by atoms with E-state index in [1.54, 1.807) is 24.3 Å². The number of aromatic hydroxyl groups is 2. The second-order valence-electron chi connectivity index (χ2n) is 10.4. The first-order valence-electron chi connectivity index (χ1n) is 13.5. The molecule has 0 amide bonds. The van der Waals surface area contributed by atoms with Gasteiger partial charge in [0.2, 0.25) is 0 Å².